The highest BCUT2D eigenvalue weighted by molar-refractivity contribution is 7.99. The summed E-state index contributed by atoms with van der Waals surface area (Å²) >= 11 is 1.38. The summed E-state index contributed by atoms with van der Waals surface area (Å²) in [5, 5.41) is 13.7. The second kappa shape index (κ2) is 9.43. The molecule has 2 heterocycles. The number of thioether (sulfide) groups is 1. The highest BCUT2D eigenvalue weighted by Gasteiger charge is 2.18. The second-order valence-electron chi connectivity index (χ2n) is 8.84. The number of amides is 1. The van der Waals surface area contributed by atoms with Crippen molar-refractivity contribution in [3.63, 3.8) is 0 Å². The lowest BCUT2D eigenvalue weighted by Gasteiger charge is -2.20. The van der Waals surface area contributed by atoms with E-state index >= 15 is 0 Å². The lowest BCUT2D eigenvalue weighted by atomic mass is 9.92. The largest absolute Gasteiger partial charge is 0.497 e. The van der Waals surface area contributed by atoms with Crippen molar-refractivity contribution in [2.75, 3.05) is 18.2 Å². The Morgan fingerprint density at radius 2 is 1.76 bits per heavy atom. The quantitative estimate of drug-likeness (QED) is 0.332. The van der Waals surface area contributed by atoms with Crippen molar-refractivity contribution < 1.29 is 9.53 Å². The fourth-order valence-electron chi connectivity index (χ4n) is 4.12. The van der Waals surface area contributed by atoms with Gasteiger partial charge in [0, 0.05) is 17.1 Å². The van der Waals surface area contributed by atoms with E-state index < -0.39 is 0 Å². The predicted molar refractivity (Wildman–Crippen MR) is 136 cm³/mol. The topological polar surface area (TPSA) is 68.5 Å². The Bertz CT molecular complexity index is 1300. The number of anilines is 1. The molecule has 0 aliphatic heterocycles. The van der Waals surface area contributed by atoms with Crippen LogP contribution in [0.4, 0.5) is 5.69 Å². The van der Waals surface area contributed by atoms with Gasteiger partial charge in [-0.05, 0) is 53.6 Å². The molecule has 0 spiro atoms. The third-order valence-corrected chi connectivity index (χ3v) is 6.77. The molecule has 0 saturated carbocycles. The number of methoxy groups -OCH3 is 1. The first kappa shape index (κ1) is 23.1. The van der Waals surface area contributed by atoms with Gasteiger partial charge in [0.25, 0.3) is 0 Å². The van der Waals surface area contributed by atoms with E-state index in [4.69, 9.17) is 4.74 Å². The molecule has 172 valence electrons. The number of fused-ring (bicyclic) bond motifs is 3. The fraction of sp³-hybridized carbons (Fsp3) is 0.346. The Balaban J connectivity index is 1.63. The molecule has 1 amide bonds. The number of nitrogens with zero attached hydrogens (tertiary/aromatic N) is 3. The zero-order valence-electron chi connectivity index (χ0n) is 20.0. The SMILES string of the molecule is COc1ccc2c(C)cc3nnc(SCC(=O)Nc4c(C(C)C)cccc4C(C)C)n3c2c1. The number of carbonyl (C=O) groups is 1. The molecule has 1 N–H and O–H groups in total. The standard InChI is InChI=1S/C26H30N4O2S/c1-15(2)19-8-7-9-20(16(3)4)25(19)27-24(31)14-33-26-29-28-23-12-17(5)21-11-10-18(32-6)13-22(21)30(23)26/h7-13,15-16H,14H2,1-6H3,(H,27,31). The molecule has 0 aliphatic rings. The Kier molecular flexibility index (Phi) is 6.61. The van der Waals surface area contributed by atoms with Crippen LogP contribution in [-0.4, -0.2) is 33.4 Å². The third-order valence-electron chi connectivity index (χ3n) is 5.84. The van der Waals surface area contributed by atoms with Gasteiger partial charge in [0.05, 0.1) is 18.4 Å². The van der Waals surface area contributed by atoms with Crippen molar-refractivity contribution in [2.24, 2.45) is 0 Å². The van der Waals surface area contributed by atoms with Gasteiger partial charge in [-0.15, -0.1) is 10.2 Å². The van der Waals surface area contributed by atoms with Crippen LogP contribution >= 0.6 is 11.8 Å². The Hall–Kier alpha value is -3.06. The maximum absolute atomic E-state index is 13.0. The number of para-hydroxylation sites is 1. The molecule has 0 unspecified atom stereocenters. The number of aryl methyl sites for hydroxylation is 1. The van der Waals surface area contributed by atoms with Gasteiger partial charge >= 0.3 is 0 Å². The monoisotopic (exact) mass is 462 g/mol. The number of ether oxygens (including phenoxy) is 1. The molecule has 0 radical (unpaired) electrons. The molecule has 0 saturated heterocycles. The van der Waals surface area contributed by atoms with Crippen molar-refractivity contribution in [2.45, 2.75) is 51.6 Å². The van der Waals surface area contributed by atoms with Gasteiger partial charge < -0.3 is 10.1 Å². The minimum absolute atomic E-state index is 0.0549. The molecule has 7 heteroatoms. The molecule has 6 nitrogen and oxygen atoms in total. The second-order valence-corrected chi connectivity index (χ2v) is 9.79. The van der Waals surface area contributed by atoms with Crippen molar-refractivity contribution >= 4 is 39.9 Å². The van der Waals surface area contributed by atoms with Crippen molar-refractivity contribution in [1.29, 1.82) is 0 Å². The molecule has 4 rings (SSSR count). The first-order valence-electron chi connectivity index (χ1n) is 11.2. The molecule has 33 heavy (non-hydrogen) atoms. The van der Waals surface area contributed by atoms with Crippen LogP contribution < -0.4 is 10.1 Å². The number of pyridine rings is 1. The molecular weight excluding hydrogens is 432 g/mol. The van der Waals surface area contributed by atoms with E-state index in [1.165, 1.54) is 11.8 Å². The Morgan fingerprint density at radius 1 is 1.06 bits per heavy atom. The predicted octanol–water partition coefficient (Wildman–Crippen LogP) is 6.18. The summed E-state index contributed by atoms with van der Waals surface area (Å²) in [6.45, 7) is 10.6. The van der Waals surface area contributed by atoms with Gasteiger partial charge in [0.2, 0.25) is 5.91 Å². The van der Waals surface area contributed by atoms with E-state index in [-0.39, 0.29) is 11.7 Å². The third kappa shape index (κ3) is 4.55. The molecule has 0 atom stereocenters. The van der Waals surface area contributed by atoms with Gasteiger partial charge in [-0.25, -0.2) is 0 Å². The van der Waals surface area contributed by atoms with Crippen molar-refractivity contribution in [1.82, 2.24) is 14.6 Å². The normalized spacial score (nSPS) is 11.6. The maximum atomic E-state index is 13.0. The summed E-state index contributed by atoms with van der Waals surface area (Å²) in [6.07, 6.45) is 0. The summed E-state index contributed by atoms with van der Waals surface area (Å²) < 4.78 is 7.42. The molecule has 0 bridgehead atoms. The Morgan fingerprint density at radius 3 is 2.39 bits per heavy atom. The molecule has 0 fully saturated rings. The average Bonchev–Trinajstić information content (AvgIpc) is 3.20. The van der Waals surface area contributed by atoms with Gasteiger partial charge in [-0.2, -0.15) is 0 Å². The van der Waals surface area contributed by atoms with Crippen LogP contribution in [0.15, 0.2) is 47.6 Å². The van der Waals surface area contributed by atoms with E-state index in [2.05, 4.69) is 68.3 Å². The van der Waals surface area contributed by atoms with Crippen LogP contribution in [0.5, 0.6) is 5.75 Å². The van der Waals surface area contributed by atoms with Crippen LogP contribution in [0.2, 0.25) is 0 Å². The smallest absolute Gasteiger partial charge is 0.234 e. The number of hydrogen-bond donors (Lipinski definition) is 1. The summed E-state index contributed by atoms with van der Waals surface area (Å²) in [5.74, 6) is 1.58. The fourth-order valence-corrected chi connectivity index (χ4v) is 4.88. The van der Waals surface area contributed by atoms with Crippen molar-refractivity contribution in [3.8, 4) is 5.75 Å². The van der Waals surface area contributed by atoms with Crippen LogP contribution in [0.25, 0.3) is 16.6 Å². The molecule has 2 aromatic carbocycles. The molecular formula is C26H30N4O2S. The Labute approximate surface area is 198 Å². The number of nitrogens with one attached hydrogen (secondary N) is 1. The first-order valence-corrected chi connectivity index (χ1v) is 12.2. The summed E-state index contributed by atoms with van der Waals surface area (Å²) in [5.41, 5.74) is 6.08. The minimum Gasteiger partial charge on any atom is -0.497 e. The summed E-state index contributed by atoms with van der Waals surface area (Å²) in [6, 6.07) is 14.2. The minimum atomic E-state index is -0.0549. The van der Waals surface area contributed by atoms with E-state index in [0.29, 0.717) is 17.0 Å². The highest BCUT2D eigenvalue weighted by atomic mass is 32.2. The zero-order valence-corrected chi connectivity index (χ0v) is 20.8. The van der Waals surface area contributed by atoms with Crippen LogP contribution in [0.1, 0.15) is 56.2 Å². The zero-order chi connectivity index (χ0) is 23.7. The summed E-state index contributed by atoms with van der Waals surface area (Å²) in [7, 11) is 1.65. The number of benzene rings is 2. The molecule has 2 aromatic heterocycles. The van der Waals surface area contributed by atoms with Gasteiger partial charge in [-0.1, -0.05) is 57.7 Å². The number of hydrogen-bond acceptors (Lipinski definition) is 5. The highest BCUT2D eigenvalue weighted by Crippen LogP contribution is 2.33. The molecule has 4 aromatic rings. The molecule has 0 aliphatic carbocycles. The number of carbonyl (C=O) groups excluding carboxylic acids is 1. The number of rotatable bonds is 7. The summed E-state index contributed by atoms with van der Waals surface area (Å²) in [4.78, 5) is 13.0. The van der Waals surface area contributed by atoms with Crippen LogP contribution in [-0.2, 0) is 4.79 Å². The van der Waals surface area contributed by atoms with Gasteiger partial charge in [0.1, 0.15) is 5.75 Å². The lowest BCUT2D eigenvalue weighted by molar-refractivity contribution is -0.113. The van der Waals surface area contributed by atoms with E-state index in [1.807, 2.05) is 28.7 Å². The van der Waals surface area contributed by atoms with Gasteiger partial charge in [-0.3, -0.25) is 9.20 Å². The maximum Gasteiger partial charge on any atom is 0.234 e. The van der Waals surface area contributed by atoms with Crippen LogP contribution in [0.3, 0.4) is 0 Å². The lowest BCUT2D eigenvalue weighted by Crippen LogP contribution is -2.18. The first-order chi connectivity index (χ1) is 15.8. The van der Waals surface area contributed by atoms with Gasteiger partial charge in [0.15, 0.2) is 10.8 Å². The average molecular weight is 463 g/mol. The van der Waals surface area contributed by atoms with Crippen LogP contribution in [0, 0.1) is 6.92 Å². The van der Waals surface area contributed by atoms with E-state index in [1.54, 1.807) is 7.11 Å². The van der Waals surface area contributed by atoms with E-state index in [0.717, 1.165) is 44.7 Å². The van der Waals surface area contributed by atoms with Crippen molar-refractivity contribution in [3.05, 3.63) is 59.2 Å². The number of aromatic nitrogens is 3. The van der Waals surface area contributed by atoms with E-state index in [9.17, 15) is 4.79 Å².